The van der Waals surface area contributed by atoms with Crippen LogP contribution in [0.1, 0.15) is 23.0 Å². The number of rotatable bonds is 6. The average molecular weight is 293 g/mol. The zero-order valence-electron chi connectivity index (χ0n) is 13.0. The molecule has 0 radical (unpaired) electrons. The minimum Gasteiger partial charge on any atom is -0.385 e. The molecule has 0 spiro atoms. The number of carbonyl (C=O) groups excluding carboxylic acids is 2. The molecule has 0 saturated carbocycles. The van der Waals surface area contributed by atoms with Crippen LogP contribution in [-0.4, -0.2) is 55.6 Å². The minimum absolute atomic E-state index is 0.186. The summed E-state index contributed by atoms with van der Waals surface area (Å²) in [6, 6.07) is 1.65. The molecule has 0 aliphatic rings. The second kappa shape index (κ2) is 8.08. The number of aryl methyl sites for hydroxylation is 1. The van der Waals surface area contributed by atoms with E-state index in [1.54, 1.807) is 20.3 Å². The summed E-state index contributed by atoms with van der Waals surface area (Å²) >= 11 is 0. The van der Waals surface area contributed by atoms with Crippen molar-refractivity contribution in [1.82, 2.24) is 20.5 Å². The third-order valence-electron chi connectivity index (χ3n) is 2.75. The molecule has 1 rings (SSSR count). The van der Waals surface area contributed by atoms with Gasteiger partial charge in [-0.1, -0.05) is 0 Å². The third-order valence-corrected chi connectivity index (χ3v) is 2.75. The molecule has 7 heteroatoms. The zero-order chi connectivity index (χ0) is 15.8. The van der Waals surface area contributed by atoms with Gasteiger partial charge in [0.1, 0.15) is 0 Å². The smallest absolute Gasteiger partial charge is 0.316 e. The molecule has 7 nitrogen and oxygen atoms in total. The molecular formula is C14H23N5O2. The van der Waals surface area contributed by atoms with Crippen LogP contribution < -0.4 is 16.0 Å². The van der Waals surface area contributed by atoms with Gasteiger partial charge in [0.15, 0.2) is 0 Å². The first kappa shape index (κ1) is 16.7. The van der Waals surface area contributed by atoms with Gasteiger partial charge in [-0.2, -0.15) is 0 Å². The van der Waals surface area contributed by atoms with E-state index in [1.165, 1.54) is 4.90 Å². The lowest BCUT2D eigenvalue weighted by Gasteiger charge is -2.13. The number of nitrogens with one attached hydrogen (secondary N) is 3. The Bertz CT molecular complexity index is 502. The molecule has 0 aromatic carbocycles. The van der Waals surface area contributed by atoms with Crippen molar-refractivity contribution in [2.45, 2.75) is 13.8 Å². The summed E-state index contributed by atoms with van der Waals surface area (Å²) in [6.07, 6.45) is 1.56. The Balaban J connectivity index is 2.54. The molecule has 3 N–H and O–H groups in total. The predicted octanol–water partition coefficient (Wildman–Crippen LogP) is 0.823. The fourth-order valence-corrected chi connectivity index (χ4v) is 1.68. The normalized spacial score (nSPS) is 9.90. The molecule has 0 atom stereocenters. The van der Waals surface area contributed by atoms with Gasteiger partial charge >= 0.3 is 6.03 Å². The summed E-state index contributed by atoms with van der Waals surface area (Å²) in [4.78, 5) is 29.0. The summed E-state index contributed by atoms with van der Waals surface area (Å²) < 4.78 is 0. The van der Waals surface area contributed by atoms with Crippen molar-refractivity contribution >= 4 is 17.6 Å². The zero-order valence-corrected chi connectivity index (χ0v) is 13.0. The molecule has 0 bridgehead atoms. The van der Waals surface area contributed by atoms with Crippen molar-refractivity contribution in [2.24, 2.45) is 0 Å². The van der Waals surface area contributed by atoms with Gasteiger partial charge in [-0.15, -0.1) is 0 Å². The van der Waals surface area contributed by atoms with Crippen molar-refractivity contribution in [3.05, 3.63) is 23.5 Å². The molecule has 0 aliphatic heterocycles. The van der Waals surface area contributed by atoms with E-state index in [1.807, 2.05) is 19.9 Å². The molecule has 21 heavy (non-hydrogen) atoms. The fraction of sp³-hybridized carbons (Fsp3) is 0.500. The fourth-order valence-electron chi connectivity index (χ4n) is 1.68. The maximum atomic E-state index is 12.1. The molecule has 0 aliphatic carbocycles. The Labute approximate surface area is 125 Å². The number of nitrogens with zero attached hydrogens (tertiary/aromatic N) is 2. The van der Waals surface area contributed by atoms with Gasteiger partial charge in [-0.05, 0) is 19.9 Å². The van der Waals surface area contributed by atoms with E-state index in [4.69, 9.17) is 0 Å². The molecule has 1 aromatic heterocycles. The van der Waals surface area contributed by atoms with E-state index >= 15 is 0 Å². The summed E-state index contributed by atoms with van der Waals surface area (Å²) in [5, 5.41) is 8.58. The molecule has 0 fully saturated rings. The third kappa shape index (κ3) is 5.29. The van der Waals surface area contributed by atoms with Gasteiger partial charge < -0.3 is 20.9 Å². The predicted molar refractivity (Wildman–Crippen MR) is 82.6 cm³/mol. The van der Waals surface area contributed by atoms with Crippen molar-refractivity contribution in [2.75, 3.05) is 39.0 Å². The van der Waals surface area contributed by atoms with E-state index in [2.05, 4.69) is 20.9 Å². The number of pyridine rings is 1. The lowest BCUT2D eigenvalue weighted by atomic mass is 10.2. The Morgan fingerprint density at radius 3 is 2.52 bits per heavy atom. The number of amides is 3. The first-order valence-corrected chi connectivity index (χ1v) is 6.89. The number of anilines is 1. The van der Waals surface area contributed by atoms with E-state index in [9.17, 15) is 9.59 Å². The molecule has 0 saturated heterocycles. The highest BCUT2D eigenvalue weighted by molar-refractivity contribution is 5.99. The Morgan fingerprint density at radius 1 is 1.24 bits per heavy atom. The largest absolute Gasteiger partial charge is 0.385 e. The van der Waals surface area contributed by atoms with E-state index in [0.29, 0.717) is 18.7 Å². The highest BCUT2D eigenvalue weighted by Crippen LogP contribution is 2.15. The number of hydrogen-bond acceptors (Lipinski definition) is 4. The summed E-state index contributed by atoms with van der Waals surface area (Å²) in [6.45, 7) is 5.30. The lowest BCUT2D eigenvalue weighted by Crippen LogP contribution is -2.39. The van der Waals surface area contributed by atoms with Gasteiger partial charge in [-0.3, -0.25) is 9.78 Å². The number of hydrogen-bond donors (Lipinski definition) is 3. The van der Waals surface area contributed by atoms with Crippen molar-refractivity contribution < 1.29 is 9.59 Å². The van der Waals surface area contributed by atoms with Crippen LogP contribution in [-0.2, 0) is 0 Å². The van der Waals surface area contributed by atoms with Crippen LogP contribution in [0.2, 0.25) is 0 Å². The van der Waals surface area contributed by atoms with Crippen LogP contribution in [0, 0.1) is 6.92 Å². The second-order valence-corrected chi connectivity index (χ2v) is 4.78. The highest BCUT2D eigenvalue weighted by atomic mass is 16.2. The van der Waals surface area contributed by atoms with Crippen LogP contribution >= 0.6 is 0 Å². The minimum atomic E-state index is -0.211. The van der Waals surface area contributed by atoms with Crippen molar-refractivity contribution in [3.8, 4) is 0 Å². The topological polar surface area (TPSA) is 86.4 Å². The van der Waals surface area contributed by atoms with Gasteiger partial charge in [-0.25, -0.2) is 4.79 Å². The SMILES string of the molecule is CCNc1cc(C)ncc1C(=O)NCCNC(=O)N(C)C. The van der Waals surface area contributed by atoms with Gasteiger partial charge in [0.05, 0.1) is 11.3 Å². The highest BCUT2D eigenvalue weighted by Gasteiger charge is 2.11. The first-order chi connectivity index (χ1) is 9.95. The maximum Gasteiger partial charge on any atom is 0.316 e. The van der Waals surface area contributed by atoms with Crippen LogP contribution in [0.15, 0.2) is 12.3 Å². The summed E-state index contributed by atoms with van der Waals surface area (Å²) in [5.41, 5.74) is 2.11. The van der Waals surface area contributed by atoms with E-state index < -0.39 is 0 Å². The molecule has 1 heterocycles. The summed E-state index contributed by atoms with van der Waals surface area (Å²) in [7, 11) is 3.32. The average Bonchev–Trinajstić information content (AvgIpc) is 2.43. The van der Waals surface area contributed by atoms with Crippen LogP contribution in [0.25, 0.3) is 0 Å². The molecule has 116 valence electrons. The van der Waals surface area contributed by atoms with E-state index in [-0.39, 0.29) is 11.9 Å². The van der Waals surface area contributed by atoms with Gasteiger partial charge in [0.2, 0.25) is 0 Å². The standard InChI is InChI=1S/C14H23N5O2/c1-5-15-12-8-10(2)18-9-11(12)13(20)16-6-7-17-14(21)19(3)4/h8-9H,5-7H2,1-4H3,(H,15,18)(H,16,20)(H,17,21). The monoisotopic (exact) mass is 293 g/mol. The Kier molecular flexibility index (Phi) is 6.45. The van der Waals surface area contributed by atoms with Crippen LogP contribution in [0.5, 0.6) is 0 Å². The number of aromatic nitrogens is 1. The Morgan fingerprint density at radius 2 is 1.90 bits per heavy atom. The van der Waals surface area contributed by atoms with Crippen molar-refractivity contribution in [3.63, 3.8) is 0 Å². The second-order valence-electron chi connectivity index (χ2n) is 4.78. The Hall–Kier alpha value is -2.31. The van der Waals surface area contributed by atoms with Crippen LogP contribution in [0.4, 0.5) is 10.5 Å². The quantitative estimate of drug-likeness (QED) is 0.678. The maximum absolute atomic E-state index is 12.1. The molecular weight excluding hydrogens is 270 g/mol. The molecule has 3 amide bonds. The molecule has 0 unspecified atom stereocenters. The summed E-state index contributed by atoms with van der Waals surface area (Å²) in [5.74, 6) is -0.211. The van der Waals surface area contributed by atoms with Gasteiger partial charge in [0, 0.05) is 45.6 Å². The first-order valence-electron chi connectivity index (χ1n) is 6.89. The van der Waals surface area contributed by atoms with E-state index in [0.717, 1.165) is 17.9 Å². The van der Waals surface area contributed by atoms with Crippen molar-refractivity contribution in [1.29, 1.82) is 0 Å². The van der Waals surface area contributed by atoms with Gasteiger partial charge in [0.25, 0.3) is 5.91 Å². The molecule has 1 aromatic rings. The number of urea groups is 1. The number of carbonyl (C=O) groups is 2. The lowest BCUT2D eigenvalue weighted by molar-refractivity contribution is 0.0954. The van der Waals surface area contributed by atoms with Crippen LogP contribution in [0.3, 0.4) is 0 Å².